The highest BCUT2D eigenvalue weighted by Gasteiger charge is 2.29. The van der Waals surface area contributed by atoms with Gasteiger partial charge in [0.25, 0.3) is 0 Å². The van der Waals surface area contributed by atoms with E-state index in [1.54, 1.807) is 32.4 Å². The molecule has 2 saturated heterocycles. The summed E-state index contributed by atoms with van der Waals surface area (Å²) >= 11 is 0. The lowest BCUT2D eigenvalue weighted by Gasteiger charge is -2.33. The van der Waals surface area contributed by atoms with Crippen LogP contribution in [-0.2, 0) is 9.59 Å². The van der Waals surface area contributed by atoms with E-state index in [1.165, 1.54) is 12.8 Å². The van der Waals surface area contributed by atoms with Crippen molar-refractivity contribution in [2.45, 2.75) is 38.5 Å². The summed E-state index contributed by atoms with van der Waals surface area (Å²) in [6.45, 7) is 3.05. The third-order valence-corrected chi connectivity index (χ3v) is 5.87. The Kier molecular flexibility index (Phi) is 7.55. The van der Waals surface area contributed by atoms with Gasteiger partial charge >= 0.3 is 0 Å². The maximum atomic E-state index is 12.8. The SMILES string of the molecule is COc1cc(/C=C/C(=O)N2CCC(C(=O)N3CCCCCC3)CC2)cc(OC)c1. The van der Waals surface area contributed by atoms with Crippen molar-refractivity contribution in [1.29, 1.82) is 0 Å². The Balaban J connectivity index is 1.53. The number of ether oxygens (including phenoxy) is 2. The molecule has 0 spiro atoms. The van der Waals surface area contributed by atoms with Gasteiger partial charge in [-0.05, 0) is 49.5 Å². The zero-order chi connectivity index (χ0) is 20.6. The molecule has 2 aliphatic heterocycles. The Labute approximate surface area is 173 Å². The van der Waals surface area contributed by atoms with Crippen LogP contribution in [0.25, 0.3) is 6.08 Å². The average Bonchev–Trinajstić information content (AvgIpc) is 3.06. The van der Waals surface area contributed by atoms with Crippen LogP contribution in [0, 0.1) is 5.92 Å². The molecule has 0 radical (unpaired) electrons. The topological polar surface area (TPSA) is 59.1 Å². The van der Waals surface area contributed by atoms with Gasteiger partial charge < -0.3 is 19.3 Å². The molecule has 0 N–H and O–H groups in total. The van der Waals surface area contributed by atoms with Crippen LogP contribution in [0.4, 0.5) is 0 Å². The maximum absolute atomic E-state index is 12.8. The smallest absolute Gasteiger partial charge is 0.246 e. The van der Waals surface area contributed by atoms with Crippen molar-refractivity contribution in [2.75, 3.05) is 40.4 Å². The fourth-order valence-electron chi connectivity index (χ4n) is 4.09. The van der Waals surface area contributed by atoms with Crippen LogP contribution in [0.1, 0.15) is 44.1 Å². The number of hydrogen-bond donors (Lipinski definition) is 0. The highest BCUT2D eigenvalue weighted by molar-refractivity contribution is 5.92. The summed E-state index contributed by atoms with van der Waals surface area (Å²) in [5.74, 6) is 1.70. The van der Waals surface area contributed by atoms with Crippen LogP contribution < -0.4 is 9.47 Å². The van der Waals surface area contributed by atoms with Crippen LogP contribution in [0.2, 0.25) is 0 Å². The molecular formula is C23H32N2O4. The molecule has 2 amide bonds. The minimum atomic E-state index is -0.0209. The first kappa shape index (κ1) is 21.2. The van der Waals surface area contributed by atoms with Gasteiger partial charge in [0.1, 0.15) is 11.5 Å². The number of benzene rings is 1. The Morgan fingerprint density at radius 1 is 0.862 bits per heavy atom. The average molecular weight is 401 g/mol. The molecule has 0 atom stereocenters. The molecular weight excluding hydrogens is 368 g/mol. The fourth-order valence-corrected chi connectivity index (χ4v) is 4.09. The number of carbonyl (C=O) groups excluding carboxylic acids is 2. The van der Waals surface area contributed by atoms with Crippen molar-refractivity contribution in [3.8, 4) is 11.5 Å². The highest BCUT2D eigenvalue weighted by atomic mass is 16.5. The molecule has 2 aliphatic rings. The molecule has 1 aromatic rings. The normalized spacial score (nSPS) is 18.6. The second-order valence-corrected chi connectivity index (χ2v) is 7.82. The van der Waals surface area contributed by atoms with Gasteiger partial charge in [-0.3, -0.25) is 9.59 Å². The Morgan fingerprint density at radius 3 is 2.00 bits per heavy atom. The van der Waals surface area contributed by atoms with Gasteiger partial charge in [0.05, 0.1) is 14.2 Å². The molecule has 0 aliphatic carbocycles. The van der Waals surface area contributed by atoms with E-state index in [1.807, 2.05) is 21.9 Å². The summed E-state index contributed by atoms with van der Waals surface area (Å²) in [6.07, 6.45) is 9.55. The summed E-state index contributed by atoms with van der Waals surface area (Å²) < 4.78 is 10.5. The molecule has 158 valence electrons. The largest absolute Gasteiger partial charge is 0.497 e. The van der Waals surface area contributed by atoms with Crippen molar-refractivity contribution in [1.82, 2.24) is 9.80 Å². The number of methoxy groups -OCH3 is 2. The van der Waals surface area contributed by atoms with Gasteiger partial charge in [0.2, 0.25) is 11.8 Å². The van der Waals surface area contributed by atoms with Gasteiger partial charge in [0, 0.05) is 44.2 Å². The molecule has 2 heterocycles. The van der Waals surface area contributed by atoms with E-state index >= 15 is 0 Å². The number of amides is 2. The van der Waals surface area contributed by atoms with E-state index in [0.717, 1.165) is 44.3 Å². The number of piperidine rings is 1. The van der Waals surface area contributed by atoms with Crippen LogP contribution in [0.5, 0.6) is 11.5 Å². The lowest BCUT2D eigenvalue weighted by Crippen LogP contribution is -2.44. The van der Waals surface area contributed by atoms with E-state index < -0.39 is 0 Å². The number of nitrogens with zero attached hydrogens (tertiary/aromatic N) is 2. The van der Waals surface area contributed by atoms with Crippen LogP contribution >= 0.6 is 0 Å². The standard InChI is InChI=1S/C23H32N2O4/c1-28-20-15-18(16-21(17-20)29-2)7-8-22(26)24-13-9-19(10-14-24)23(27)25-11-5-3-4-6-12-25/h7-8,15-17,19H,3-6,9-14H2,1-2H3/b8-7+. The maximum Gasteiger partial charge on any atom is 0.246 e. The van der Waals surface area contributed by atoms with E-state index in [0.29, 0.717) is 24.6 Å². The zero-order valence-corrected chi connectivity index (χ0v) is 17.6. The Morgan fingerprint density at radius 2 is 1.45 bits per heavy atom. The van der Waals surface area contributed by atoms with E-state index in [9.17, 15) is 9.59 Å². The second-order valence-electron chi connectivity index (χ2n) is 7.82. The predicted molar refractivity (Wildman–Crippen MR) is 113 cm³/mol. The van der Waals surface area contributed by atoms with Gasteiger partial charge in [-0.2, -0.15) is 0 Å². The molecule has 0 saturated carbocycles. The van der Waals surface area contributed by atoms with Crippen LogP contribution in [0.15, 0.2) is 24.3 Å². The second kappa shape index (κ2) is 10.3. The van der Waals surface area contributed by atoms with Crippen molar-refractivity contribution >= 4 is 17.9 Å². The Bertz CT molecular complexity index is 708. The predicted octanol–water partition coefficient (Wildman–Crippen LogP) is 3.36. The van der Waals surface area contributed by atoms with Crippen LogP contribution in [0.3, 0.4) is 0 Å². The first-order valence-corrected chi connectivity index (χ1v) is 10.6. The van der Waals surface area contributed by atoms with E-state index in [4.69, 9.17) is 9.47 Å². The van der Waals surface area contributed by atoms with Crippen molar-refractivity contribution in [3.63, 3.8) is 0 Å². The lowest BCUT2D eigenvalue weighted by molar-refractivity contribution is -0.139. The third-order valence-electron chi connectivity index (χ3n) is 5.87. The first-order chi connectivity index (χ1) is 14.1. The molecule has 2 fully saturated rings. The molecule has 3 rings (SSSR count). The summed E-state index contributed by atoms with van der Waals surface area (Å²) in [7, 11) is 3.20. The number of rotatable bonds is 5. The fraction of sp³-hybridized carbons (Fsp3) is 0.565. The molecule has 0 bridgehead atoms. The molecule has 29 heavy (non-hydrogen) atoms. The van der Waals surface area contributed by atoms with E-state index in [2.05, 4.69) is 0 Å². The highest BCUT2D eigenvalue weighted by Crippen LogP contribution is 2.24. The molecule has 6 heteroatoms. The summed E-state index contributed by atoms with van der Waals surface area (Å²) in [5.41, 5.74) is 0.848. The lowest BCUT2D eigenvalue weighted by atomic mass is 9.95. The third kappa shape index (κ3) is 5.75. The quantitative estimate of drug-likeness (QED) is 0.711. The number of hydrogen-bond acceptors (Lipinski definition) is 4. The monoisotopic (exact) mass is 400 g/mol. The molecule has 0 unspecified atom stereocenters. The van der Waals surface area contributed by atoms with Gasteiger partial charge in [-0.1, -0.05) is 12.8 Å². The Hall–Kier alpha value is -2.50. The summed E-state index contributed by atoms with van der Waals surface area (Å²) in [4.78, 5) is 29.3. The molecule has 1 aromatic carbocycles. The first-order valence-electron chi connectivity index (χ1n) is 10.6. The van der Waals surface area contributed by atoms with Crippen molar-refractivity contribution < 1.29 is 19.1 Å². The zero-order valence-electron chi connectivity index (χ0n) is 17.6. The molecule has 6 nitrogen and oxygen atoms in total. The minimum absolute atomic E-state index is 0.0209. The summed E-state index contributed by atoms with van der Waals surface area (Å²) in [5, 5.41) is 0. The number of carbonyl (C=O) groups is 2. The minimum Gasteiger partial charge on any atom is -0.497 e. The number of likely N-dealkylation sites (tertiary alicyclic amines) is 2. The van der Waals surface area contributed by atoms with Crippen molar-refractivity contribution in [3.05, 3.63) is 29.8 Å². The molecule has 0 aromatic heterocycles. The van der Waals surface area contributed by atoms with Crippen molar-refractivity contribution in [2.24, 2.45) is 5.92 Å². The van der Waals surface area contributed by atoms with Gasteiger partial charge in [-0.25, -0.2) is 0 Å². The van der Waals surface area contributed by atoms with E-state index in [-0.39, 0.29) is 17.7 Å². The summed E-state index contributed by atoms with van der Waals surface area (Å²) in [6, 6.07) is 5.52. The van der Waals surface area contributed by atoms with Gasteiger partial charge in [0.15, 0.2) is 0 Å². The van der Waals surface area contributed by atoms with Crippen LogP contribution in [-0.4, -0.2) is 62.0 Å². The van der Waals surface area contributed by atoms with Gasteiger partial charge in [-0.15, -0.1) is 0 Å².